The van der Waals surface area contributed by atoms with Crippen LogP contribution < -0.4 is 5.69 Å². The number of rotatable bonds is 3. The number of fused-ring (bicyclic) bond motifs is 1. The first-order valence-electron chi connectivity index (χ1n) is 7.73. The summed E-state index contributed by atoms with van der Waals surface area (Å²) < 4.78 is 6.51. The Hall–Kier alpha value is -2.59. The number of aliphatic hydroxyl groups is 3. The number of nitrogens with one attached hydrogen (secondary N) is 1. The molecule has 4 atom stereocenters. The summed E-state index contributed by atoms with van der Waals surface area (Å²) in [4.78, 5) is 23.4. The van der Waals surface area contributed by atoms with Crippen molar-refractivity contribution in [3.63, 3.8) is 0 Å². The third-order valence-corrected chi connectivity index (χ3v) is 4.30. The molecule has 9 nitrogen and oxygen atoms in total. The number of nitrogens with zero attached hydrogens (tertiary/aromatic N) is 3. The van der Waals surface area contributed by atoms with Crippen molar-refractivity contribution < 1.29 is 20.1 Å². The van der Waals surface area contributed by atoms with Gasteiger partial charge in [-0.1, -0.05) is 0 Å². The molecule has 130 valence electrons. The second-order valence-corrected chi connectivity index (χ2v) is 5.89. The van der Waals surface area contributed by atoms with Gasteiger partial charge in [-0.05, 0) is 18.2 Å². The topological polar surface area (TPSA) is 133 Å². The Balaban J connectivity index is 1.76. The zero-order valence-electron chi connectivity index (χ0n) is 13.0. The third kappa shape index (κ3) is 2.63. The molecule has 0 radical (unpaired) electrons. The highest BCUT2D eigenvalue weighted by Gasteiger charge is 2.43. The minimum atomic E-state index is -1.34. The maximum atomic E-state index is 12.3. The van der Waals surface area contributed by atoms with E-state index in [1.165, 1.54) is 6.20 Å². The fourth-order valence-electron chi connectivity index (χ4n) is 2.98. The molecular formula is C16H16N4O5. The van der Waals surface area contributed by atoms with Crippen LogP contribution in [0.3, 0.4) is 0 Å². The molecule has 1 aliphatic rings. The molecule has 0 bridgehead atoms. The van der Waals surface area contributed by atoms with Gasteiger partial charge in [0.15, 0.2) is 6.23 Å². The molecule has 3 aromatic rings. The first-order valence-corrected chi connectivity index (χ1v) is 7.73. The number of aromatic nitrogens is 4. The quantitative estimate of drug-likeness (QED) is 0.498. The molecule has 3 aromatic heterocycles. The zero-order valence-corrected chi connectivity index (χ0v) is 13.0. The van der Waals surface area contributed by atoms with Crippen LogP contribution in [-0.4, -0.2) is 59.8 Å². The summed E-state index contributed by atoms with van der Waals surface area (Å²) in [5.41, 5.74) is 1.34. The van der Waals surface area contributed by atoms with E-state index in [2.05, 4.69) is 15.0 Å². The lowest BCUT2D eigenvalue weighted by Gasteiger charge is -2.16. The van der Waals surface area contributed by atoms with Crippen LogP contribution in [0.4, 0.5) is 0 Å². The number of ether oxygens (including phenoxy) is 1. The molecule has 4 N–H and O–H groups in total. The second kappa shape index (κ2) is 6.05. The first-order chi connectivity index (χ1) is 12.1. The van der Waals surface area contributed by atoms with Gasteiger partial charge in [0.25, 0.3) is 0 Å². The summed E-state index contributed by atoms with van der Waals surface area (Å²) in [6, 6.07) is 5.47. The minimum Gasteiger partial charge on any atom is -0.394 e. The van der Waals surface area contributed by atoms with E-state index in [1.54, 1.807) is 24.5 Å². The standard InChI is InChI=1S/C16H16N4O5/c21-7-11-12(22)13(23)15(25-11)20-6-9-4-10(8-2-1-3-17-5-8)18-14(9)19-16(20)24/h1-6,11-13,15,21-23H,7H2,(H,18,19,24)/t11-,12-,13+,15-/m1/s1. The van der Waals surface area contributed by atoms with Crippen LogP contribution in [0.25, 0.3) is 22.3 Å². The summed E-state index contributed by atoms with van der Waals surface area (Å²) in [5.74, 6) is 0. The summed E-state index contributed by atoms with van der Waals surface area (Å²) in [6.45, 7) is -0.464. The Bertz CT molecular complexity index is 954. The fraction of sp³-hybridized carbons (Fsp3) is 0.312. The van der Waals surface area contributed by atoms with E-state index < -0.39 is 36.8 Å². The van der Waals surface area contributed by atoms with Crippen molar-refractivity contribution in [3.05, 3.63) is 47.3 Å². The Morgan fingerprint density at radius 2 is 2.16 bits per heavy atom. The SMILES string of the molecule is O=c1nc2[nH]c(-c3cccnc3)cc2cn1[C@@H]1O[C@H](CO)[C@@H](O)[C@@H]1O. The largest absolute Gasteiger partial charge is 0.394 e. The molecule has 0 aliphatic carbocycles. The molecule has 0 spiro atoms. The van der Waals surface area contributed by atoms with E-state index in [4.69, 9.17) is 4.74 Å². The molecule has 1 aliphatic heterocycles. The molecule has 25 heavy (non-hydrogen) atoms. The summed E-state index contributed by atoms with van der Waals surface area (Å²) in [5, 5.41) is 29.8. The average Bonchev–Trinajstić information content (AvgIpc) is 3.16. The number of pyridine rings is 1. The fourth-order valence-corrected chi connectivity index (χ4v) is 2.98. The Morgan fingerprint density at radius 3 is 2.84 bits per heavy atom. The number of aromatic amines is 1. The smallest absolute Gasteiger partial charge is 0.351 e. The Labute approximate surface area is 141 Å². The molecule has 0 aromatic carbocycles. The maximum absolute atomic E-state index is 12.3. The molecule has 1 saturated heterocycles. The van der Waals surface area contributed by atoms with Crippen molar-refractivity contribution in [2.45, 2.75) is 24.5 Å². The van der Waals surface area contributed by atoms with E-state index in [9.17, 15) is 20.1 Å². The summed E-state index contributed by atoms with van der Waals surface area (Å²) >= 11 is 0. The Morgan fingerprint density at radius 1 is 1.32 bits per heavy atom. The number of hydrogen-bond acceptors (Lipinski definition) is 7. The van der Waals surface area contributed by atoms with E-state index in [-0.39, 0.29) is 0 Å². The normalized spacial score (nSPS) is 26.4. The predicted octanol–water partition coefficient (Wildman–Crippen LogP) is -0.602. The molecule has 9 heteroatoms. The van der Waals surface area contributed by atoms with Gasteiger partial charge in [0.1, 0.15) is 24.0 Å². The van der Waals surface area contributed by atoms with Crippen LogP contribution in [0.15, 0.2) is 41.6 Å². The molecule has 1 fully saturated rings. The van der Waals surface area contributed by atoms with Crippen molar-refractivity contribution in [3.8, 4) is 11.3 Å². The van der Waals surface area contributed by atoms with Crippen molar-refractivity contribution in [1.82, 2.24) is 19.5 Å². The predicted molar refractivity (Wildman–Crippen MR) is 86.6 cm³/mol. The van der Waals surface area contributed by atoms with Crippen LogP contribution >= 0.6 is 0 Å². The van der Waals surface area contributed by atoms with Crippen LogP contribution in [0, 0.1) is 0 Å². The highest BCUT2D eigenvalue weighted by Crippen LogP contribution is 2.29. The average molecular weight is 344 g/mol. The molecule has 0 unspecified atom stereocenters. The molecule has 0 saturated carbocycles. The summed E-state index contributed by atoms with van der Waals surface area (Å²) in [7, 11) is 0. The van der Waals surface area contributed by atoms with Gasteiger partial charge in [-0.2, -0.15) is 4.98 Å². The van der Waals surface area contributed by atoms with E-state index >= 15 is 0 Å². The van der Waals surface area contributed by atoms with Crippen molar-refractivity contribution in [2.24, 2.45) is 0 Å². The molecule has 0 amide bonds. The van der Waals surface area contributed by atoms with Gasteiger partial charge in [0, 0.05) is 35.2 Å². The van der Waals surface area contributed by atoms with E-state index in [1.807, 2.05) is 6.07 Å². The van der Waals surface area contributed by atoms with Crippen LogP contribution in [0.1, 0.15) is 6.23 Å². The highest BCUT2D eigenvalue weighted by atomic mass is 16.6. The van der Waals surface area contributed by atoms with Crippen LogP contribution in [0.2, 0.25) is 0 Å². The lowest BCUT2D eigenvalue weighted by molar-refractivity contribution is -0.0547. The van der Waals surface area contributed by atoms with Gasteiger partial charge in [-0.15, -0.1) is 0 Å². The summed E-state index contributed by atoms with van der Waals surface area (Å²) in [6.07, 6.45) is 0.147. The lowest BCUT2D eigenvalue weighted by atomic mass is 10.1. The Kier molecular flexibility index (Phi) is 3.85. The van der Waals surface area contributed by atoms with Crippen molar-refractivity contribution >= 4 is 11.0 Å². The van der Waals surface area contributed by atoms with Crippen molar-refractivity contribution in [1.29, 1.82) is 0 Å². The van der Waals surface area contributed by atoms with Gasteiger partial charge < -0.3 is 25.0 Å². The third-order valence-electron chi connectivity index (χ3n) is 4.30. The number of aliphatic hydroxyl groups excluding tert-OH is 3. The molecular weight excluding hydrogens is 328 g/mol. The minimum absolute atomic E-state index is 0.395. The number of H-pyrrole nitrogens is 1. The van der Waals surface area contributed by atoms with Gasteiger partial charge in [-0.3, -0.25) is 9.55 Å². The van der Waals surface area contributed by atoms with Gasteiger partial charge >= 0.3 is 5.69 Å². The van der Waals surface area contributed by atoms with Crippen LogP contribution in [-0.2, 0) is 4.74 Å². The zero-order chi connectivity index (χ0) is 17.6. The van der Waals surface area contributed by atoms with Crippen LogP contribution in [0.5, 0.6) is 0 Å². The molecule has 4 heterocycles. The second-order valence-electron chi connectivity index (χ2n) is 5.89. The van der Waals surface area contributed by atoms with Gasteiger partial charge in [0.2, 0.25) is 0 Å². The number of hydrogen-bond donors (Lipinski definition) is 4. The van der Waals surface area contributed by atoms with Crippen molar-refractivity contribution in [2.75, 3.05) is 6.61 Å². The monoisotopic (exact) mass is 344 g/mol. The maximum Gasteiger partial charge on any atom is 0.351 e. The first kappa shape index (κ1) is 15.9. The van der Waals surface area contributed by atoms with E-state index in [0.717, 1.165) is 15.8 Å². The molecule has 4 rings (SSSR count). The van der Waals surface area contributed by atoms with E-state index in [0.29, 0.717) is 11.0 Å². The highest BCUT2D eigenvalue weighted by molar-refractivity contribution is 5.82. The van der Waals surface area contributed by atoms with Gasteiger partial charge in [-0.25, -0.2) is 4.79 Å². The lowest BCUT2D eigenvalue weighted by Crippen LogP contribution is -2.35. The van der Waals surface area contributed by atoms with Gasteiger partial charge in [0.05, 0.1) is 6.61 Å².